The Morgan fingerprint density at radius 2 is 2.23 bits per heavy atom. The van der Waals surface area contributed by atoms with Gasteiger partial charge in [-0.05, 0) is 6.92 Å². The topological polar surface area (TPSA) is 91.0 Å². The molecule has 2 aromatic rings. The van der Waals surface area contributed by atoms with Crippen molar-refractivity contribution in [3.63, 3.8) is 0 Å². The predicted octanol–water partition coefficient (Wildman–Crippen LogP) is 1.27. The zero-order valence-corrected chi connectivity index (χ0v) is 7.76. The van der Waals surface area contributed by atoms with Crippen LogP contribution < -0.4 is 11.5 Å². The van der Waals surface area contributed by atoms with E-state index < -0.39 is 0 Å². The molecule has 0 saturated heterocycles. The fourth-order valence-electron chi connectivity index (χ4n) is 0.958. The fraction of sp³-hybridized carbons (Fsp3) is 0.143. The third kappa shape index (κ3) is 1.25. The molecule has 0 amide bonds. The van der Waals surface area contributed by atoms with Crippen LogP contribution in [0.3, 0.4) is 0 Å². The highest BCUT2D eigenvalue weighted by molar-refractivity contribution is 7.15. The number of hydrogen-bond acceptors (Lipinski definition) is 6. The highest BCUT2D eigenvalue weighted by Gasteiger charge is 2.13. The predicted molar refractivity (Wildman–Crippen MR) is 51.2 cm³/mol. The molecule has 2 rings (SSSR count). The molecule has 0 radical (unpaired) electrons. The number of hydrogen-bond donors (Lipinski definition) is 2. The van der Waals surface area contributed by atoms with Crippen LogP contribution in [0.5, 0.6) is 0 Å². The number of aromatic nitrogens is 2. The number of aryl methyl sites for hydroxylation is 1. The van der Waals surface area contributed by atoms with Crippen LogP contribution in [-0.2, 0) is 0 Å². The second kappa shape index (κ2) is 2.74. The molecule has 2 heterocycles. The zero-order chi connectivity index (χ0) is 9.42. The lowest BCUT2D eigenvalue weighted by Gasteiger charge is -1.88. The van der Waals surface area contributed by atoms with Crippen LogP contribution in [0.15, 0.2) is 10.7 Å². The van der Waals surface area contributed by atoms with Crippen molar-refractivity contribution in [3.05, 3.63) is 11.2 Å². The number of rotatable bonds is 1. The van der Waals surface area contributed by atoms with Crippen LogP contribution >= 0.6 is 11.3 Å². The maximum Gasteiger partial charge on any atom is 0.246 e. The molecule has 6 heteroatoms. The lowest BCUT2D eigenvalue weighted by Crippen LogP contribution is -1.90. The van der Waals surface area contributed by atoms with Crippen molar-refractivity contribution in [1.82, 2.24) is 10.1 Å². The van der Waals surface area contributed by atoms with Crippen molar-refractivity contribution >= 4 is 22.9 Å². The van der Waals surface area contributed by atoms with Crippen LogP contribution in [0.2, 0.25) is 0 Å². The standard InChI is InChI=1S/C7H8N4OS/c1-3-10-2-4(13-3)6-5(8)7(9)12-11-6/h2H,8-9H2,1H3. The Morgan fingerprint density at radius 3 is 2.69 bits per heavy atom. The summed E-state index contributed by atoms with van der Waals surface area (Å²) in [6.07, 6.45) is 1.70. The summed E-state index contributed by atoms with van der Waals surface area (Å²) >= 11 is 1.50. The largest absolute Gasteiger partial charge is 0.392 e. The molecule has 0 aliphatic rings. The number of thiazole rings is 1. The molecule has 68 valence electrons. The smallest absolute Gasteiger partial charge is 0.246 e. The lowest BCUT2D eigenvalue weighted by molar-refractivity contribution is 0.439. The second-order valence-electron chi connectivity index (χ2n) is 2.55. The van der Waals surface area contributed by atoms with Gasteiger partial charge in [0.2, 0.25) is 5.88 Å². The average Bonchev–Trinajstić information content (AvgIpc) is 2.62. The Balaban J connectivity index is 2.52. The number of nitrogen functional groups attached to an aromatic ring is 2. The lowest BCUT2D eigenvalue weighted by atomic mass is 10.3. The number of nitrogens with two attached hydrogens (primary N) is 2. The monoisotopic (exact) mass is 196 g/mol. The van der Waals surface area contributed by atoms with Gasteiger partial charge in [-0.3, -0.25) is 0 Å². The zero-order valence-electron chi connectivity index (χ0n) is 6.94. The molecule has 13 heavy (non-hydrogen) atoms. The van der Waals surface area contributed by atoms with E-state index >= 15 is 0 Å². The van der Waals surface area contributed by atoms with Gasteiger partial charge in [-0.1, -0.05) is 5.16 Å². The highest BCUT2D eigenvalue weighted by atomic mass is 32.1. The SMILES string of the molecule is Cc1ncc(-c2noc(N)c2N)s1. The van der Waals surface area contributed by atoms with Crippen LogP contribution in [0, 0.1) is 6.92 Å². The quantitative estimate of drug-likeness (QED) is 0.716. The van der Waals surface area contributed by atoms with Gasteiger partial charge in [-0.15, -0.1) is 11.3 Å². The van der Waals surface area contributed by atoms with Crippen molar-refractivity contribution < 1.29 is 4.52 Å². The van der Waals surface area contributed by atoms with Crippen molar-refractivity contribution in [2.24, 2.45) is 0 Å². The third-order valence-electron chi connectivity index (χ3n) is 1.61. The first-order valence-electron chi connectivity index (χ1n) is 3.62. The maximum absolute atomic E-state index is 5.64. The van der Waals surface area contributed by atoms with Crippen molar-refractivity contribution in [2.45, 2.75) is 6.92 Å². The molecule has 0 atom stereocenters. The molecule has 0 bridgehead atoms. The van der Waals surface area contributed by atoms with Crippen LogP contribution in [0.4, 0.5) is 11.6 Å². The second-order valence-corrected chi connectivity index (χ2v) is 3.79. The summed E-state index contributed by atoms with van der Waals surface area (Å²) in [5.74, 6) is 0.154. The minimum Gasteiger partial charge on any atom is -0.392 e. The molecule has 0 aromatic carbocycles. The van der Waals surface area contributed by atoms with Gasteiger partial charge in [-0.25, -0.2) is 4.98 Å². The van der Waals surface area contributed by atoms with E-state index in [0.717, 1.165) is 9.88 Å². The van der Waals surface area contributed by atoms with E-state index in [2.05, 4.69) is 10.1 Å². The Labute approximate surface area is 78.4 Å². The van der Waals surface area contributed by atoms with Gasteiger partial charge in [0.15, 0.2) is 5.69 Å². The molecule has 0 spiro atoms. The molecule has 0 unspecified atom stereocenters. The summed E-state index contributed by atoms with van der Waals surface area (Å²) in [5.41, 5.74) is 12.0. The van der Waals surface area contributed by atoms with Gasteiger partial charge < -0.3 is 16.0 Å². The van der Waals surface area contributed by atoms with Crippen LogP contribution in [0.1, 0.15) is 5.01 Å². The molecule has 0 fully saturated rings. The molecule has 4 N–H and O–H groups in total. The van der Waals surface area contributed by atoms with Gasteiger partial charge in [0.25, 0.3) is 0 Å². The Morgan fingerprint density at radius 1 is 1.46 bits per heavy atom. The summed E-state index contributed by atoms with van der Waals surface area (Å²) < 4.78 is 4.74. The highest BCUT2D eigenvalue weighted by Crippen LogP contribution is 2.32. The minimum absolute atomic E-state index is 0.154. The molecular formula is C7H8N4OS. The van der Waals surface area contributed by atoms with E-state index in [1.165, 1.54) is 11.3 Å². The first kappa shape index (κ1) is 8.06. The van der Waals surface area contributed by atoms with Crippen molar-refractivity contribution in [2.75, 3.05) is 11.5 Å². The summed E-state index contributed by atoms with van der Waals surface area (Å²) in [5, 5.41) is 4.70. The fourth-order valence-corrected chi connectivity index (χ4v) is 1.73. The summed E-state index contributed by atoms with van der Waals surface area (Å²) in [4.78, 5) is 4.95. The Bertz CT molecular complexity index is 433. The van der Waals surface area contributed by atoms with Crippen LogP contribution in [0.25, 0.3) is 10.6 Å². The third-order valence-corrected chi connectivity index (χ3v) is 2.53. The summed E-state index contributed by atoms with van der Waals surface area (Å²) in [6, 6.07) is 0. The number of anilines is 2. The van der Waals surface area contributed by atoms with E-state index in [9.17, 15) is 0 Å². The number of nitrogens with zero attached hydrogens (tertiary/aromatic N) is 2. The average molecular weight is 196 g/mol. The van der Waals surface area contributed by atoms with Crippen LogP contribution in [-0.4, -0.2) is 10.1 Å². The minimum atomic E-state index is 0.154. The first-order chi connectivity index (χ1) is 6.18. The molecule has 2 aromatic heterocycles. The molecule has 0 aliphatic heterocycles. The Kier molecular flexibility index (Phi) is 1.70. The van der Waals surface area contributed by atoms with E-state index in [1.807, 2.05) is 6.92 Å². The molecular weight excluding hydrogens is 188 g/mol. The summed E-state index contributed by atoms with van der Waals surface area (Å²) in [6.45, 7) is 1.91. The normalized spacial score (nSPS) is 10.5. The van der Waals surface area contributed by atoms with Gasteiger partial charge in [0, 0.05) is 6.20 Å². The van der Waals surface area contributed by atoms with E-state index in [1.54, 1.807) is 6.20 Å². The van der Waals surface area contributed by atoms with Gasteiger partial charge in [0.1, 0.15) is 5.69 Å². The Hall–Kier alpha value is -1.56. The van der Waals surface area contributed by atoms with E-state index in [4.69, 9.17) is 16.0 Å². The molecule has 0 aliphatic carbocycles. The van der Waals surface area contributed by atoms with Gasteiger partial charge in [-0.2, -0.15) is 0 Å². The van der Waals surface area contributed by atoms with Gasteiger partial charge >= 0.3 is 0 Å². The first-order valence-corrected chi connectivity index (χ1v) is 4.43. The molecule has 5 nitrogen and oxygen atoms in total. The molecule has 0 saturated carbocycles. The van der Waals surface area contributed by atoms with E-state index in [0.29, 0.717) is 11.4 Å². The maximum atomic E-state index is 5.64. The van der Waals surface area contributed by atoms with Crippen molar-refractivity contribution in [3.8, 4) is 10.6 Å². The van der Waals surface area contributed by atoms with E-state index in [-0.39, 0.29) is 5.88 Å². The van der Waals surface area contributed by atoms with Gasteiger partial charge in [0.05, 0.1) is 9.88 Å². The van der Waals surface area contributed by atoms with Crippen molar-refractivity contribution in [1.29, 1.82) is 0 Å². The summed E-state index contributed by atoms with van der Waals surface area (Å²) in [7, 11) is 0.